The highest BCUT2D eigenvalue weighted by atomic mass is 16.5. The largest absolute Gasteiger partial charge is 0.378 e. The lowest BCUT2D eigenvalue weighted by atomic mass is 10.1. The zero-order chi connectivity index (χ0) is 6.97. The fourth-order valence-corrected chi connectivity index (χ4v) is 1.60. The molecule has 2 heteroatoms. The van der Waals surface area contributed by atoms with Gasteiger partial charge in [0, 0.05) is 12.1 Å². The highest BCUT2D eigenvalue weighted by Gasteiger charge is 2.33. The number of morpholine rings is 1. The van der Waals surface area contributed by atoms with Gasteiger partial charge in [0.15, 0.2) is 0 Å². The molecule has 0 radical (unpaired) electrons. The van der Waals surface area contributed by atoms with E-state index in [0.29, 0.717) is 12.1 Å². The molecule has 2 unspecified atom stereocenters. The van der Waals surface area contributed by atoms with E-state index in [1.54, 1.807) is 0 Å². The van der Waals surface area contributed by atoms with Gasteiger partial charge in [0.25, 0.3) is 0 Å². The lowest BCUT2D eigenvalue weighted by Gasteiger charge is -2.28. The molecule has 10 heavy (non-hydrogen) atoms. The summed E-state index contributed by atoms with van der Waals surface area (Å²) < 4.78 is 5.43. The standard InChI is InChI=1S/C8H15NO/c1-6-4-10-5-8(9-6)7-2-3-7/h6-9H,2-5H2,1H3. The van der Waals surface area contributed by atoms with Crippen molar-refractivity contribution in [2.24, 2.45) is 5.92 Å². The molecule has 0 amide bonds. The monoisotopic (exact) mass is 141 g/mol. The van der Waals surface area contributed by atoms with Crippen LogP contribution in [-0.2, 0) is 4.74 Å². The smallest absolute Gasteiger partial charge is 0.0623 e. The maximum Gasteiger partial charge on any atom is 0.0623 e. The van der Waals surface area contributed by atoms with Crippen LogP contribution in [-0.4, -0.2) is 25.3 Å². The summed E-state index contributed by atoms with van der Waals surface area (Å²) in [6, 6.07) is 1.24. The molecule has 1 heterocycles. The minimum absolute atomic E-state index is 0.569. The predicted octanol–water partition coefficient (Wildman–Crippen LogP) is 0.773. The van der Waals surface area contributed by atoms with E-state index in [2.05, 4.69) is 12.2 Å². The molecule has 1 saturated heterocycles. The molecule has 1 saturated carbocycles. The Morgan fingerprint density at radius 2 is 2.10 bits per heavy atom. The summed E-state index contributed by atoms with van der Waals surface area (Å²) in [5.74, 6) is 0.933. The summed E-state index contributed by atoms with van der Waals surface area (Å²) in [5.41, 5.74) is 0. The van der Waals surface area contributed by atoms with Crippen LogP contribution in [0.4, 0.5) is 0 Å². The minimum atomic E-state index is 0.569. The van der Waals surface area contributed by atoms with E-state index in [-0.39, 0.29) is 0 Å². The third kappa shape index (κ3) is 1.32. The Kier molecular flexibility index (Phi) is 1.66. The zero-order valence-corrected chi connectivity index (χ0v) is 6.47. The Morgan fingerprint density at radius 1 is 1.30 bits per heavy atom. The average Bonchev–Trinajstić information content (AvgIpc) is 2.68. The van der Waals surface area contributed by atoms with E-state index in [1.807, 2.05) is 0 Å². The van der Waals surface area contributed by atoms with Gasteiger partial charge in [-0.2, -0.15) is 0 Å². The molecule has 0 spiro atoms. The van der Waals surface area contributed by atoms with Crippen LogP contribution in [0.5, 0.6) is 0 Å². The van der Waals surface area contributed by atoms with Crippen LogP contribution in [0.1, 0.15) is 19.8 Å². The van der Waals surface area contributed by atoms with E-state index < -0.39 is 0 Å². The van der Waals surface area contributed by atoms with Crippen molar-refractivity contribution >= 4 is 0 Å². The van der Waals surface area contributed by atoms with Crippen molar-refractivity contribution < 1.29 is 4.74 Å². The van der Waals surface area contributed by atoms with Gasteiger partial charge >= 0.3 is 0 Å². The van der Waals surface area contributed by atoms with Crippen molar-refractivity contribution in [3.8, 4) is 0 Å². The molecular weight excluding hydrogens is 126 g/mol. The van der Waals surface area contributed by atoms with E-state index in [0.717, 1.165) is 19.1 Å². The Bertz CT molecular complexity index is 122. The number of nitrogens with one attached hydrogen (secondary N) is 1. The molecular formula is C8H15NO. The lowest BCUT2D eigenvalue weighted by molar-refractivity contribution is 0.0442. The van der Waals surface area contributed by atoms with Gasteiger partial charge in [0.2, 0.25) is 0 Å². The first kappa shape index (κ1) is 6.62. The topological polar surface area (TPSA) is 21.3 Å². The van der Waals surface area contributed by atoms with Crippen LogP contribution in [0.2, 0.25) is 0 Å². The van der Waals surface area contributed by atoms with Gasteiger partial charge in [0.05, 0.1) is 13.2 Å². The van der Waals surface area contributed by atoms with Gasteiger partial charge in [-0.1, -0.05) is 0 Å². The maximum atomic E-state index is 5.43. The van der Waals surface area contributed by atoms with Crippen molar-refractivity contribution in [2.75, 3.05) is 13.2 Å². The molecule has 2 fully saturated rings. The molecule has 1 N–H and O–H groups in total. The summed E-state index contributed by atoms with van der Waals surface area (Å²) >= 11 is 0. The molecule has 1 aliphatic heterocycles. The summed E-state index contributed by atoms with van der Waals surface area (Å²) in [7, 11) is 0. The zero-order valence-electron chi connectivity index (χ0n) is 6.47. The molecule has 2 aliphatic rings. The Hall–Kier alpha value is -0.0800. The van der Waals surface area contributed by atoms with Gasteiger partial charge < -0.3 is 10.1 Å². The van der Waals surface area contributed by atoms with Crippen LogP contribution in [0.15, 0.2) is 0 Å². The van der Waals surface area contributed by atoms with E-state index >= 15 is 0 Å². The van der Waals surface area contributed by atoms with Crippen molar-refractivity contribution in [1.82, 2.24) is 5.32 Å². The molecule has 2 atom stereocenters. The molecule has 2 rings (SSSR count). The first-order valence-electron chi connectivity index (χ1n) is 4.20. The molecule has 0 bridgehead atoms. The summed E-state index contributed by atoms with van der Waals surface area (Å²) in [6.07, 6.45) is 2.82. The Morgan fingerprint density at radius 3 is 2.70 bits per heavy atom. The molecule has 2 nitrogen and oxygen atoms in total. The van der Waals surface area contributed by atoms with Gasteiger partial charge in [0.1, 0.15) is 0 Å². The minimum Gasteiger partial charge on any atom is -0.378 e. The van der Waals surface area contributed by atoms with Gasteiger partial charge in [-0.25, -0.2) is 0 Å². The van der Waals surface area contributed by atoms with E-state index in [9.17, 15) is 0 Å². The molecule has 0 aromatic rings. The third-order valence-corrected chi connectivity index (χ3v) is 2.35. The predicted molar refractivity (Wildman–Crippen MR) is 39.9 cm³/mol. The maximum absolute atomic E-state index is 5.43. The number of ether oxygens (including phenoxy) is 1. The number of hydrogen-bond acceptors (Lipinski definition) is 2. The highest BCUT2D eigenvalue weighted by Crippen LogP contribution is 2.33. The summed E-state index contributed by atoms with van der Waals surface area (Å²) in [6.45, 7) is 4.02. The normalized spacial score (nSPS) is 41.7. The quantitative estimate of drug-likeness (QED) is 0.582. The SMILES string of the molecule is CC1COCC(C2CC2)N1. The Labute approximate surface area is 61.9 Å². The van der Waals surface area contributed by atoms with E-state index in [1.165, 1.54) is 12.8 Å². The Balaban J connectivity index is 1.84. The van der Waals surface area contributed by atoms with Gasteiger partial charge in [-0.05, 0) is 25.7 Å². The van der Waals surface area contributed by atoms with Crippen LogP contribution >= 0.6 is 0 Å². The first-order valence-corrected chi connectivity index (χ1v) is 4.20. The molecule has 0 aromatic carbocycles. The number of rotatable bonds is 1. The molecule has 58 valence electrons. The second-order valence-corrected chi connectivity index (χ2v) is 3.55. The van der Waals surface area contributed by atoms with Crippen molar-refractivity contribution in [2.45, 2.75) is 31.8 Å². The van der Waals surface area contributed by atoms with Gasteiger partial charge in [-0.15, -0.1) is 0 Å². The molecule has 1 aliphatic carbocycles. The van der Waals surface area contributed by atoms with Crippen LogP contribution < -0.4 is 5.32 Å². The fourth-order valence-electron chi connectivity index (χ4n) is 1.60. The lowest BCUT2D eigenvalue weighted by Crippen LogP contribution is -2.48. The molecule has 0 aromatic heterocycles. The fraction of sp³-hybridized carbons (Fsp3) is 1.00. The third-order valence-electron chi connectivity index (χ3n) is 2.35. The average molecular weight is 141 g/mol. The van der Waals surface area contributed by atoms with Crippen molar-refractivity contribution in [3.05, 3.63) is 0 Å². The van der Waals surface area contributed by atoms with Crippen LogP contribution in [0, 0.1) is 5.92 Å². The van der Waals surface area contributed by atoms with Crippen molar-refractivity contribution in [3.63, 3.8) is 0 Å². The first-order chi connectivity index (χ1) is 4.86. The van der Waals surface area contributed by atoms with Crippen LogP contribution in [0.25, 0.3) is 0 Å². The summed E-state index contributed by atoms with van der Waals surface area (Å²) in [4.78, 5) is 0. The highest BCUT2D eigenvalue weighted by molar-refractivity contribution is 4.89. The van der Waals surface area contributed by atoms with Crippen LogP contribution in [0.3, 0.4) is 0 Å². The van der Waals surface area contributed by atoms with Crippen molar-refractivity contribution in [1.29, 1.82) is 0 Å². The summed E-state index contributed by atoms with van der Waals surface area (Å²) in [5, 5.41) is 3.55. The second kappa shape index (κ2) is 2.51. The van der Waals surface area contributed by atoms with E-state index in [4.69, 9.17) is 4.74 Å². The second-order valence-electron chi connectivity index (χ2n) is 3.55. The van der Waals surface area contributed by atoms with Gasteiger partial charge in [-0.3, -0.25) is 0 Å². The number of hydrogen-bond donors (Lipinski definition) is 1.